The zero-order valence-corrected chi connectivity index (χ0v) is 13.4. The first kappa shape index (κ1) is 16.8. The van der Waals surface area contributed by atoms with Crippen LogP contribution in [-0.2, 0) is 11.3 Å². The maximum Gasteiger partial charge on any atom is 0.267 e. The number of nitriles is 1. The summed E-state index contributed by atoms with van der Waals surface area (Å²) in [5.41, 5.74) is 1.30. The van der Waals surface area contributed by atoms with E-state index >= 15 is 0 Å². The minimum absolute atomic E-state index is 0.0647. The highest BCUT2D eigenvalue weighted by molar-refractivity contribution is 6.36. The maximum absolute atomic E-state index is 12.1. The normalized spacial score (nSPS) is 10.7. The second-order valence-corrected chi connectivity index (χ2v) is 5.33. The Bertz CT molecular complexity index is 769. The molecular weight excluding hydrogens is 335 g/mol. The van der Waals surface area contributed by atoms with Gasteiger partial charge in [-0.2, -0.15) is 5.26 Å². The molecule has 0 unspecified atom stereocenters. The van der Waals surface area contributed by atoms with E-state index in [9.17, 15) is 4.79 Å². The lowest BCUT2D eigenvalue weighted by Crippen LogP contribution is -2.16. The molecule has 1 aromatic heterocycles. The minimum atomic E-state index is -0.557. The Balaban J connectivity index is 2.00. The zero-order valence-electron chi connectivity index (χ0n) is 11.9. The van der Waals surface area contributed by atoms with Crippen LogP contribution in [0.15, 0.2) is 54.5 Å². The average Bonchev–Trinajstić information content (AvgIpc) is 2.55. The van der Waals surface area contributed by atoms with Gasteiger partial charge in [-0.1, -0.05) is 23.2 Å². The number of nitrogens with zero attached hydrogens (tertiary/aromatic N) is 2. The summed E-state index contributed by atoms with van der Waals surface area (Å²) < 4.78 is 0. The number of anilines is 1. The fourth-order valence-electron chi connectivity index (χ4n) is 1.70. The van der Waals surface area contributed by atoms with Crippen molar-refractivity contribution in [1.82, 2.24) is 10.3 Å². The third-order valence-electron chi connectivity index (χ3n) is 2.85. The summed E-state index contributed by atoms with van der Waals surface area (Å²) in [5.74, 6) is -0.557. The van der Waals surface area contributed by atoms with Gasteiger partial charge in [0.25, 0.3) is 5.91 Å². The first-order chi connectivity index (χ1) is 11.1. The number of hydrogen-bond donors (Lipinski definition) is 2. The summed E-state index contributed by atoms with van der Waals surface area (Å²) >= 11 is 11.8. The smallest absolute Gasteiger partial charge is 0.267 e. The van der Waals surface area contributed by atoms with Crippen molar-refractivity contribution in [2.75, 3.05) is 5.32 Å². The SMILES string of the molecule is N#C/C(=C/NCc1ccncc1)C(=O)Nc1ccc(Cl)cc1Cl. The van der Waals surface area contributed by atoms with E-state index in [1.807, 2.05) is 18.2 Å². The number of aromatic nitrogens is 1. The van der Waals surface area contributed by atoms with E-state index in [1.165, 1.54) is 12.3 Å². The molecule has 2 N–H and O–H groups in total. The van der Waals surface area contributed by atoms with Crippen molar-refractivity contribution in [2.24, 2.45) is 0 Å². The highest BCUT2D eigenvalue weighted by Crippen LogP contribution is 2.25. The molecule has 0 saturated heterocycles. The number of rotatable bonds is 5. The van der Waals surface area contributed by atoms with Crippen molar-refractivity contribution in [3.63, 3.8) is 0 Å². The molecule has 0 aliphatic carbocycles. The van der Waals surface area contributed by atoms with E-state index < -0.39 is 5.91 Å². The van der Waals surface area contributed by atoms with E-state index in [4.69, 9.17) is 28.5 Å². The Hall–Kier alpha value is -2.55. The number of hydrogen-bond acceptors (Lipinski definition) is 4. The van der Waals surface area contributed by atoms with Gasteiger partial charge in [0.2, 0.25) is 0 Å². The molecule has 0 aliphatic rings. The standard InChI is InChI=1S/C16H12Cl2N4O/c17-13-1-2-15(14(18)7-13)22-16(23)12(8-19)10-21-9-11-3-5-20-6-4-11/h1-7,10,21H,9H2,(H,22,23)/b12-10-. The van der Waals surface area contributed by atoms with Crippen LogP contribution < -0.4 is 10.6 Å². The van der Waals surface area contributed by atoms with Crippen molar-refractivity contribution < 1.29 is 4.79 Å². The van der Waals surface area contributed by atoms with Crippen molar-refractivity contribution >= 4 is 34.8 Å². The van der Waals surface area contributed by atoms with Crippen LogP contribution in [0.5, 0.6) is 0 Å². The fourth-order valence-corrected chi connectivity index (χ4v) is 2.16. The van der Waals surface area contributed by atoms with Crippen LogP contribution in [0.25, 0.3) is 0 Å². The highest BCUT2D eigenvalue weighted by Gasteiger charge is 2.11. The fraction of sp³-hybridized carbons (Fsp3) is 0.0625. The van der Waals surface area contributed by atoms with Gasteiger partial charge in [-0.25, -0.2) is 0 Å². The van der Waals surface area contributed by atoms with E-state index in [0.717, 1.165) is 5.56 Å². The van der Waals surface area contributed by atoms with Crippen LogP contribution >= 0.6 is 23.2 Å². The predicted molar refractivity (Wildman–Crippen MR) is 89.9 cm³/mol. The Labute approximate surface area is 143 Å². The van der Waals surface area contributed by atoms with Gasteiger partial charge >= 0.3 is 0 Å². The van der Waals surface area contributed by atoms with Crippen LogP contribution in [0.2, 0.25) is 10.0 Å². The van der Waals surface area contributed by atoms with E-state index in [1.54, 1.807) is 24.5 Å². The largest absolute Gasteiger partial charge is 0.386 e. The predicted octanol–water partition coefficient (Wildman–Crippen LogP) is 3.52. The number of pyridine rings is 1. The van der Waals surface area contributed by atoms with Gasteiger partial charge in [0.05, 0.1) is 10.7 Å². The lowest BCUT2D eigenvalue weighted by molar-refractivity contribution is -0.112. The third kappa shape index (κ3) is 4.99. The molecule has 116 valence electrons. The van der Waals surface area contributed by atoms with Crippen LogP contribution in [0.3, 0.4) is 0 Å². The average molecular weight is 347 g/mol. The van der Waals surface area contributed by atoms with Gasteiger partial charge in [0.15, 0.2) is 0 Å². The lowest BCUT2D eigenvalue weighted by atomic mass is 10.2. The molecule has 23 heavy (non-hydrogen) atoms. The Morgan fingerprint density at radius 2 is 2.00 bits per heavy atom. The lowest BCUT2D eigenvalue weighted by Gasteiger charge is -2.07. The molecule has 1 aromatic carbocycles. The maximum atomic E-state index is 12.1. The molecule has 0 bridgehead atoms. The topological polar surface area (TPSA) is 77.8 Å². The molecule has 1 amide bonds. The van der Waals surface area contributed by atoms with E-state index in [2.05, 4.69) is 15.6 Å². The molecule has 1 heterocycles. The van der Waals surface area contributed by atoms with Crippen LogP contribution in [-0.4, -0.2) is 10.9 Å². The van der Waals surface area contributed by atoms with Gasteiger partial charge in [0, 0.05) is 30.2 Å². The third-order valence-corrected chi connectivity index (χ3v) is 3.39. The number of carbonyl (C=O) groups is 1. The number of benzene rings is 1. The summed E-state index contributed by atoms with van der Waals surface area (Å²) in [6.07, 6.45) is 4.70. The highest BCUT2D eigenvalue weighted by atomic mass is 35.5. The monoisotopic (exact) mass is 346 g/mol. The molecule has 0 fully saturated rings. The van der Waals surface area contributed by atoms with Crippen molar-refractivity contribution in [3.8, 4) is 6.07 Å². The molecule has 2 aromatic rings. The van der Waals surface area contributed by atoms with Gasteiger partial charge in [-0.05, 0) is 35.9 Å². The molecule has 0 aliphatic heterocycles. The van der Waals surface area contributed by atoms with Crippen LogP contribution in [0, 0.1) is 11.3 Å². The molecule has 0 atom stereocenters. The first-order valence-electron chi connectivity index (χ1n) is 6.59. The van der Waals surface area contributed by atoms with Gasteiger partial charge in [0.1, 0.15) is 11.6 Å². The molecule has 0 saturated carbocycles. The Morgan fingerprint density at radius 1 is 1.26 bits per heavy atom. The van der Waals surface area contributed by atoms with Gasteiger partial charge in [-0.15, -0.1) is 0 Å². The summed E-state index contributed by atoms with van der Waals surface area (Å²) in [7, 11) is 0. The van der Waals surface area contributed by atoms with Crippen LogP contribution in [0.4, 0.5) is 5.69 Å². The first-order valence-corrected chi connectivity index (χ1v) is 7.34. The zero-order chi connectivity index (χ0) is 16.7. The van der Waals surface area contributed by atoms with E-state index in [0.29, 0.717) is 22.3 Å². The van der Waals surface area contributed by atoms with E-state index in [-0.39, 0.29) is 5.57 Å². The summed E-state index contributed by atoms with van der Waals surface area (Å²) in [6, 6.07) is 10.2. The summed E-state index contributed by atoms with van der Waals surface area (Å²) in [4.78, 5) is 16.0. The van der Waals surface area contributed by atoms with Crippen molar-refractivity contribution in [2.45, 2.75) is 6.54 Å². The van der Waals surface area contributed by atoms with Crippen LogP contribution in [0.1, 0.15) is 5.56 Å². The summed E-state index contributed by atoms with van der Waals surface area (Å²) in [6.45, 7) is 0.475. The second kappa shape index (κ2) is 8.18. The van der Waals surface area contributed by atoms with Gasteiger partial charge < -0.3 is 10.6 Å². The number of halogens is 2. The molecule has 7 heteroatoms. The number of amides is 1. The number of nitrogens with one attached hydrogen (secondary N) is 2. The molecular formula is C16H12Cl2N4O. The molecule has 0 spiro atoms. The minimum Gasteiger partial charge on any atom is -0.386 e. The number of carbonyl (C=O) groups excluding carboxylic acids is 1. The molecule has 2 rings (SSSR count). The van der Waals surface area contributed by atoms with Crippen molar-refractivity contribution in [1.29, 1.82) is 5.26 Å². The molecule has 5 nitrogen and oxygen atoms in total. The second-order valence-electron chi connectivity index (χ2n) is 4.48. The Morgan fingerprint density at radius 3 is 2.65 bits per heavy atom. The van der Waals surface area contributed by atoms with Gasteiger partial charge in [-0.3, -0.25) is 9.78 Å². The molecule has 0 radical (unpaired) electrons. The Kier molecular flexibility index (Phi) is 5.98. The van der Waals surface area contributed by atoms with Crippen molar-refractivity contribution in [3.05, 3.63) is 70.1 Å². The summed E-state index contributed by atoms with van der Waals surface area (Å²) in [5, 5.41) is 15.3. The quantitative estimate of drug-likeness (QED) is 0.641.